The monoisotopic (exact) mass is 441 g/mol. The first-order valence-electron chi connectivity index (χ1n) is 11.1. The number of ether oxygens (including phenoxy) is 1. The number of nitrogens with one attached hydrogen (secondary N) is 2. The maximum atomic E-state index is 14.0. The SMILES string of the molecule is C[C@@H](NCCCCc1ccc(N2CC(=O)NC2=O)nn1)c1ccc(F)c(OCC2CC2)c1. The summed E-state index contributed by atoms with van der Waals surface area (Å²) in [6.07, 6.45) is 4.99. The second-order valence-corrected chi connectivity index (χ2v) is 8.40. The van der Waals surface area contributed by atoms with E-state index in [-0.39, 0.29) is 24.3 Å². The summed E-state index contributed by atoms with van der Waals surface area (Å²) in [5.41, 5.74) is 1.84. The van der Waals surface area contributed by atoms with Gasteiger partial charge in [0.15, 0.2) is 17.4 Å². The molecule has 1 atom stereocenters. The first kappa shape index (κ1) is 22.1. The number of urea groups is 1. The molecule has 2 fully saturated rings. The maximum absolute atomic E-state index is 14.0. The van der Waals surface area contributed by atoms with Crippen LogP contribution < -0.4 is 20.3 Å². The Hall–Kier alpha value is -3.07. The van der Waals surface area contributed by atoms with E-state index in [0.717, 1.165) is 37.1 Å². The van der Waals surface area contributed by atoms with Crippen molar-refractivity contribution >= 4 is 17.8 Å². The summed E-state index contributed by atoms with van der Waals surface area (Å²) in [6, 6.07) is 8.21. The van der Waals surface area contributed by atoms with E-state index in [1.54, 1.807) is 18.2 Å². The van der Waals surface area contributed by atoms with Crippen molar-refractivity contribution in [3.63, 3.8) is 0 Å². The van der Waals surface area contributed by atoms with Crippen molar-refractivity contribution in [2.45, 2.75) is 45.1 Å². The van der Waals surface area contributed by atoms with Crippen LogP contribution in [0.25, 0.3) is 0 Å². The molecule has 8 nitrogen and oxygen atoms in total. The van der Waals surface area contributed by atoms with Gasteiger partial charge in [0.25, 0.3) is 0 Å². The number of hydrogen-bond donors (Lipinski definition) is 2. The number of imide groups is 1. The molecule has 0 radical (unpaired) electrons. The fraction of sp³-hybridized carbons (Fsp3) is 0.478. The van der Waals surface area contributed by atoms with Crippen molar-refractivity contribution in [1.29, 1.82) is 0 Å². The number of hydrogen-bond acceptors (Lipinski definition) is 6. The molecule has 2 N–H and O–H groups in total. The average Bonchev–Trinajstić information content (AvgIpc) is 3.55. The molecule has 3 amide bonds. The Labute approximate surface area is 186 Å². The number of aryl methyl sites for hydroxylation is 1. The highest BCUT2D eigenvalue weighted by atomic mass is 19.1. The Morgan fingerprint density at radius 2 is 2.06 bits per heavy atom. The lowest BCUT2D eigenvalue weighted by atomic mass is 10.1. The lowest BCUT2D eigenvalue weighted by Gasteiger charge is -2.16. The molecule has 2 aliphatic rings. The molecule has 170 valence electrons. The quantitative estimate of drug-likeness (QED) is 0.411. The summed E-state index contributed by atoms with van der Waals surface area (Å²) < 4.78 is 19.6. The van der Waals surface area contributed by atoms with Crippen LogP contribution in [0.1, 0.15) is 49.9 Å². The molecule has 32 heavy (non-hydrogen) atoms. The van der Waals surface area contributed by atoms with Crippen LogP contribution in [0.5, 0.6) is 5.75 Å². The maximum Gasteiger partial charge on any atom is 0.330 e. The molecule has 4 rings (SSSR count). The smallest absolute Gasteiger partial charge is 0.330 e. The summed E-state index contributed by atoms with van der Waals surface area (Å²) in [5.74, 6) is 0.627. The van der Waals surface area contributed by atoms with Crippen LogP contribution >= 0.6 is 0 Å². The molecule has 1 saturated carbocycles. The van der Waals surface area contributed by atoms with Gasteiger partial charge in [-0.3, -0.25) is 15.0 Å². The number of halogens is 1. The van der Waals surface area contributed by atoms with E-state index in [9.17, 15) is 14.0 Å². The lowest BCUT2D eigenvalue weighted by molar-refractivity contribution is -0.117. The zero-order valence-electron chi connectivity index (χ0n) is 18.1. The second-order valence-electron chi connectivity index (χ2n) is 8.40. The number of carbonyl (C=O) groups excluding carboxylic acids is 2. The second kappa shape index (κ2) is 10.0. The third-order valence-electron chi connectivity index (χ3n) is 5.71. The number of rotatable bonds is 11. The topological polar surface area (TPSA) is 96.5 Å². The molecule has 1 aromatic carbocycles. The van der Waals surface area contributed by atoms with Gasteiger partial charge in [-0.05, 0) is 81.3 Å². The zero-order valence-corrected chi connectivity index (χ0v) is 18.1. The molecule has 0 unspecified atom stereocenters. The van der Waals surface area contributed by atoms with Gasteiger partial charge in [0, 0.05) is 6.04 Å². The fourth-order valence-electron chi connectivity index (χ4n) is 3.52. The first-order valence-corrected chi connectivity index (χ1v) is 11.1. The van der Waals surface area contributed by atoms with E-state index in [4.69, 9.17) is 4.74 Å². The Kier molecular flexibility index (Phi) is 6.94. The third-order valence-corrected chi connectivity index (χ3v) is 5.71. The molecular formula is C23H28FN5O3. The summed E-state index contributed by atoms with van der Waals surface area (Å²) in [4.78, 5) is 24.2. The number of amides is 3. The van der Waals surface area contributed by atoms with E-state index in [2.05, 4.69) is 27.8 Å². The van der Waals surface area contributed by atoms with Gasteiger partial charge in [-0.2, -0.15) is 5.10 Å². The minimum absolute atomic E-state index is 0.0289. The molecule has 0 spiro atoms. The van der Waals surface area contributed by atoms with E-state index in [1.165, 1.54) is 23.8 Å². The minimum Gasteiger partial charge on any atom is -0.490 e. The van der Waals surface area contributed by atoms with Gasteiger partial charge in [-0.1, -0.05) is 6.07 Å². The highest BCUT2D eigenvalue weighted by Crippen LogP contribution is 2.31. The Morgan fingerprint density at radius 1 is 1.22 bits per heavy atom. The first-order chi connectivity index (χ1) is 15.5. The summed E-state index contributed by atoms with van der Waals surface area (Å²) in [7, 11) is 0. The molecule has 2 heterocycles. The molecule has 0 bridgehead atoms. The van der Waals surface area contributed by atoms with E-state index in [0.29, 0.717) is 24.1 Å². The zero-order chi connectivity index (χ0) is 22.5. The summed E-state index contributed by atoms with van der Waals surface area (Å²) in [6.45, 7) is 3.44. The number of unbranched alkanes of at least 4 members (excludes halogenated alkanes) is 1. The molecule has 2 aromatic rings. The number of carbonyl (C=O) groups is 2. The normalized spacial score (nSPS) is 16.9. The average molecular weight is 442 g/mol. The number of nitrogens with zero attached hydrogens (tertiary/aromatic N) is 3. The summed E-state index contributed by atoms with van der Waals surface area (Å²) >= 11 is 0. The largest absolute Gasteiger partial charge is 0.490 e. The number of benzene rings is 1. The van der Waals surface area contributed by atoms with E-state index in [1.807, 2.05) is 6.07 Å². The van der Waals surface area contributed by atoms with Gasteiger partial charge in [-0.25, -0.2) is 9.18 Å². The van der Waals surface area contributed by atoms with Crippen molar-refractivity contribution in [2.24, 2.45) is 5.92 Å². The van der Waals surface area contributed by atoms with Crippen molar-refractivity contribution in [3.8, 4) is 5.75 Å². The van der Waals surface area contributed by atoms with Crippen LogP contribution in [0.3, 0.4) is 0 Å². The molecule has 9 heteroatoms. The Morgan fingerprint density at radius 3 is 2.75 bits per heavy atom. The van der Waals surface area contributed by atoms with Crippen molar-refractivity contribution in [2.75, 3.05) is 24.6 Å². The molecule has 1 saturated heterocycles. The van der Waals surface area contributed by atoms with Crippen molar-refractivity contribution in [1.82, 2.24) is 20.8 Å². The fourth-order valence-corrected chi connectivity index (χ4v) is 3.52. The van der Waals surface area contributed by atoms with Gasteiger partial charge >= 0.3 is 6.03 Å². The highest BCUT2D eigenvalue weighted by molar-refractivity contribution is 6.11. The van der Waals surface area contributed by atoms with Crippen molar-refractivity contribution in [3.05, 3.63) is 47.4 Å². The van der Waals surface area contributed by atoms with Crippen LogP contribution in [0.4, 0.5) is 15.0 Å². The van der Waals surface area contributed by atoms with Crippen molar-refractivity contribution < 1.29 is 18.7 Å². The Balaban J connectivity index is 1.18. The third kappa shape index (κ3) is 5.79. The number of aromatic nitrogens is 2. The predicted molar refractivity (Wildman–Crippen MR) is 117 cm³/mol. The molecule has 1 aromatic heterocycles. The Bertz CT molecular complexity index is 965. The highest BCUT2D eigenvalue weighted by Gasteiger charge is 2.29. The molecule has 1 aliphatic carbocycles. The lowest BCUT2D eigenvalue weighted by Crippen LogP contribution is -2.28. The van der Waals surface area contributed by atoms with Gasteiger partial charge in [0.05, 0.1) is 12.3 Å². The van der Waals surface area contributed by atoms with Crippen LogP contribution in [0.15, 0.2) is 30.3 Å². The standard InChI is InChI=1S/C23H28FN5O3/c1-15(17-7-9-19(24)20(12-17)32-14-16-5-6-16)25-11-3-2-4-18-8-10-21(28-27-18)29-13-22(30)26-23(29)31/h7-10,12,15-16,25H,2-6,11,13-14H2,1H3,(H,26,30,31)/t15-/m1/s1. The van der Waals surface area contributed by atoms with Crippen LogP contribution in [-0.4, -0.2) is 41.8 Å². The predicted octanol–water partition coefficient (Wildman–Crippen LogP) is 3.13. The molecule has 1 aliphatic heterocycles. The van der Waals surface area contributed by atoms with E-state index >= 15 is 0 Å². The van der Waals surface area contributed by atoms with Crippen LogP contribution in [-0.2, 0) is 11.2 Å². The summed E-state index contributed by atoms with van der Waals surface area (Å²) in [5, 5.41) is 13.9. The van der Waals surface area contributed by atoms with Crippen LogP contribution in [0.2, 0.25) is 0 Å². The van der Waals surface area contributed by atoms with Gasteiger partial charge in [-0.15, -0.1) is 5.10 Å². The van der Waals surface area contributed by atoms with Gasteiger partial charge < -0.3 is 10.1 Å². The van der Waals surface area contributed by atoms with Gasteiger partial charge in [0.2, 0.25) is 5.91 Å². The minimum atomic E-state index is -0.472. The number of anilines is 1. The van der Waals surface area contributed by atoms with Crippen LogP contribution in [0, 0.1) is 11.7 Å². The molecular weight excluding hydrogens is 413 g/mol. The van der Waals surface area contributed by atoms with Gasteiger partial charge in [0.1, 0.15) is 6.54 Å². The van der Waals surface area contributed by atoms with E-state index < -0.39 is 6.03 Å².